The van der Waals surface area contributed by atoms with Gasteiger partial charge in [-0.25, -0.2) is 4.79 Å². The average molecular weight is 259 g/mol. The fourth-order valence-corrected chi connectivity index (χ4v) is 2.33. The van der Waals surface area contributed by atoms with E-state index in [0.717, 1.165) is 19.0 Å². The van der Waals surface area contributed by atoms with Crippen LogP contribution in [-0.2, 0) is 19.0 Å². The molecule has 0 fully saturated rings. The predicted octanol–water partition coefficient (Wildman–Crippen LogP) is 3.07. The number of halogens is 3. The molecule has 0 atom stereocenters. The Balaban J connectivity index is 2.67. The largest absolute Gasteiger partial charge is 0.478 e. The molecule has 0 aliphatic heterocycles. The van der Waals surface area contributed by atoms with Crippen LogP contribution in [0.2, 0.25) is 0 Å². The fourth-order valence-electron chi connectivity index (χ4n) is 2.33. The van der Waals surface area contributed by atoms with Crippen LogP contribution >= 0.6 is 0 Å². The maximum absolute atomic E-state index is 13.0. The first-order valence-electron chi connectivity index (χ1n) is 5.72. The number of hydrogen-bond acceptors (Lipinski definition) is 2. The van der Waals surface area contributed by atoms with Crippen LogP contribution in [0.3, 0.4) is 0 Å². The van der Waals surface area contributed by atoms with Gasteiger partial charge in [-0.15, -0.1) is 0 Å². The minimum Gasteiger partial charge on any atom is -0.478 e. The lowest BCUT2D eigenvalue weighted by atomic mass is 9.97. The summed E-state index contributed by atoms with van der Waals surface area (Å²) in [6.45, 7) is 0. The van der Waals surface area contributed by atoms with Gasteiger partial charge in [-0.1, -0.05) is 6.42 Å². The lowest BCUT2D eigenvalue weighted by Gasteiger charge is -2.16. The van der Waals surface area contributed by atoms with Crippen molar-refractivity contribution in [1.29, 1.82) is 0 Å². The van der Waals surface area contributed by atoms with Crippen LogP contribution in [0.1, 0.15) is 46.4 Å². The second-order valence-electron chi connectivity index (χ2n) is 4.34. The van der Waals surface area contributed by atoms with Crippen molar-refractivity contribution in [2.24, 2.45) is 0 Å². The van der Waals surface area contributed by atoms with E-state index in [4.69, 9.17) is 5.11 Å². The number of aromatic carboxylic acids is 1. The summed E-state index contributed by atoms with van der Waals surface area (Å²) >= 11 is 0. The van der Waals surface area contributed by atoms with E-state index in [2.05, 4.69) is 4.98 Å². The smallest absolute Gasteiger partial charge is 0.417 e. The van der Waals surface area contributed by atoms with Gasteiger partial charge in [-0.2, -0.15) is 13.2 Å². The van der Waals surface area contributed by atoms with Gasteiger partial charge in [0, 0.05) is 11.9 Å². The summed E-state index contributed by atoms with van der Waals surface area (Å²) in [5, 5.41) is 8.86. The van der Waals surface area contributed by atoms with Crippen molar-refractivity contribution in [3.8, 4) is 0 Å². The number of pyridine rings is 1. The predicted molar refractivity (Wildman–Crippen MR) is 57.5 cm³/mol. The topological polar surface area (TPSA) is 50.2 Å². The second-order valence-corrected chi connectivity index (χ2v) is 4.34. The maximum atomic E-state index is 13.0. The van der Waals surface area contributed by atoms with Crippen LogP contribution < -0.4 is 0 Å². The second kappa shape index (κ2) is 4.59. The van der Waals surface area contributed by atoms with Crippen molar-refractivity contribution in [2.45, 2.75) is 38.3 Å². The third-order valence-corrected chi connectivity index (χ3v) is 3.12. The molecule has 1 N–H and O–H groups in total. The Labute approximate surface area is 102 Å². The van der Waals surface area contributed by atoms with Gasteiger partial charge in [0.15, 0.2) is 0 Å². The first-order valence-corrected chi connectivity index (χ1v) is 5.72. The summed E-state index contributed by atoms with van der Waals surface area (Å²) in [5.41, 5.74) is -1.30. The van der Waals surface area contributed by atoms with Gasteiger partial charge in [0.1, 0.15) is 0 Å². The van der Waals surface area contributed by atoms with Gasteiger partial charge in [0.05, 0.1) is 11.1 Å². The molecule has 18 heavy (non-hydrogen) atoms. The first-order chi connectivity index (χ1) is 8.41. The van der Waals surface area contributed by atoms with E-state index >= 15 is 0 Å². The molecule has 0 radical (unpaired) electrons. The molecule has 3 nitrogen and oxygen atoms in total. The molecule has 6 heteroatoms. The molecule has 1 aliphatic carbocycles. The number of aromatic nitrogens is 1. The number of alkyl halides is 3. The van der Waals surface area contributed by atoms with Crippen LogP contribution in [-0.4, -0.2) is 16.1 Å². The molecule has 0 saturated carbocycles. The normalized spacial score (nSPS) is 15.9. The maximum Gasteiger partial charge on any atom is 0.417 e. The standard InChI is InChI=1S/C12H12F3NO2/c13-12(14,15)10-7-4-2-1-3-5-9(7)16-6-8(10)11(17)18/h6H,1-5H2,(H,17,18). The van der Waals surface area contributed by atoms with Crippen LogP contribution in [0.4, 0.5) is 13.2 Å². The highest BCUT2D eigenvalue weighted by molar-refractivity contribution is 5.89. The van der Waals surface area contributed by atoms with Gasteiger partial charge in [-0.3, -0.25) is 4.98 Å². The van der Waals surface area contributed by atoms with Crippen molar-refractivity contribution in [3.63, 3.8) is 0 Å². The molecular weight excluding hydrogens is 247 g/mol. The Morgan fingerprint density at radius 3 is 2.50 bits per heavy atom. The summed E-state index contributed by atoms with van der Waals surface area (Å²) < 4.78 is 39.1. The zero-order valence-corrected chi connectivity index (χ0v) is 9.55. The van der Waals surface area contributed by atoms with E-state index < -0.39 is 23.3 Å². The Morgan fingerprint density at radius 1 is 1.22 bits per heavy atom. The Kier molecular flexibility index (Phi) is 3.28. The first kappa shape index (κ1) is 12.9. The minimum atomic E-state index is -4.65. The zero-order valence-electron chi connectivity index (χ0n) is 9.55. The molecule has 0 unspecified atom stereocenters. The van der Waals surface area contributed by atoms with Gasteiger partial charge in [0.25, 0.3) is 0 Å². The summed E-state index contributed by atoms with van der Waals surface area (Å²) in [5.74, 6) is -1.58. The summed E-state index contributed by atoms with van der Waals surface area (Å²) in [6.07, 6.45) is -0.808. The molecule has 1 heterocycles. The highest BCUT2D eigenvalue weighted by atomic mass is 19.4. The van der Waals surface area contributed by atoms with Crippen LogP contribution in [0.5, 0.6) is 0 Å². The molecule has 0 saturated heterocycles. The fraction of sp³-hybridized carbons (Fsp3) is 0.500. The average Bonchev–Trinajstić information content (AvgIpc) is 2.50. The van der Waals surface area contributed by atoms with Gasteiger partial charge >= 0.3 is 12.1 Å². The molecule has 1 aromatic heterocycles. The van der Waals surface area contributed by atoms with Crippen LogP contribution in [0.25, 0.3) is 0 Å². The third kappa shape index (κ3) is 2.32. The number of rotatable bonds is 1. The van der Waals surface area contributed by atoms with E-state index in [1.165, 1.54) is 0 Å². The van der Waals surface area contributed by atoms with Gasteiger partial charge in [-0.05, 0) is 31.2 Å². The van der Waals surface area contributed by atoms with Crippen molar-refractivity contribution in [3.05, 3.63) is 28.6 Å². The van der Waals surface area contributed by atoms with Crippen LogP contribution in [0.15, 0.2) is 6.20 Å². The van der Waals surface area contributed by atoms with E-state index in [9.17, 15) is 18.0 Å². The number of fused-ring (bicyclic) bond motifs is 1. The molecule has 0 amide bonds. The van der Waals surface area contributed by atoms with Crippen molar-refractivity contribution < 1.29 is 23.1 Å². The van der Waals surface area contributed by atoms with E-state index in [-0.39, 0.29) is 12.0 Å². The third-order valence-electron chi connectivity index (χ3n) is 3.12. The van der Waals surface area contributed by atoms with Crippen molar-refractivity contribution >= 4 is 5.97 Å². The number of nitrogens with zero attached hydrogens (tertiary/aromatic N) is 1. The molecule has 0 bridgehead atoms. The Morgan fingerprint density at radius 2 is 1.89 bits per heavy atom. The van der Waals surface area contributed by atoms with Crippen molar-refractivity contribution in [1.82, 2.24) is 4.98 Å². The van der Waals surface area contributed by atoms with Crippen LogP contribution in [0, 0.1) is 0 Å². The number of carboxylic acids is 1. The number of aryl methyl sites for hydroxylation is 1. The number of carboxylic acid groups (broad SMARTS) is 1. The molecule has 1 aliphatic rings. The van der Waals surface area contributed by atoms with Crippen molar-refractivity contribution in [2.75, 3.05) is 0 Å². The molecule has 98 valence electrons. The monoisotopic (exact) mass is 259 g/mol. The lowest BCUT2D eigenvalue weighted by molar-refractivity contribution is -0.138. The molecular formula is C12H12F3NO2. The van der Waals surface area contributed by atoms with E-state index in [1.807, 2.05) is 0 Å². The highest BCUT2D eigenvalue weighted by Gasteiger charge is 2.39. The number of carbonyl (C=O) groups is 1. The molecule has 1 aromatic rings. The molecule has 0 aromatic carbocycles. The summed E-state index contributed by atoms with van der Waals surface area (Å²) in [4.78, 5) is 14.8. The van der Waals surface area contributed by atoms with Gasteiger partial charge in [0.2, 0.25) is 0 Å². The molecule has 0 spiro atoms. The SMILES string of the molecule is O=C(O)c1cnc2c(c1C(F)(F)F)CCCCC2. The minimum absolute atomic E-state index is 0.0694. The highest BCUT2D eigenvalue weighted by Crippen LogP contribution is 2.37. The lowest BCUT2D eigenvalue weighted by Crippen LogP contribution is -2.18. The summed E-state index contributed by atoms with van der Waals surface area (Å²) in [6, 6.07) is 0. The van der Waals surface area contributed by atoms with E-state index in [0.29, 0.717) is 18.5 Å². The quantitative estimate of drug-likeness (QED) is 0.788. The van der Waals surface area contributed by atoms with E-state index in [1.54, 1.807) is 0 Å². The Bertz CT molecular complexity index is 483. The van der Waals surface area contributed by atoms with Gasteiger partial charge < -0.3 is 5.11 Å². The number of hydrogen-bond donors (Lipinski definition) is 1. The molecule has 2 rings (SSSR count). The zero-order chi connectivity index (χ0) is 13.3. The summed E-state index contributed by atoms with van der Waals surface area (Å²) in [7, 11) is 0. The Hall–Kier alpha value is -1.59.